The summed E-state index contributed by atoms with van der Waals surface area (Å²) >= 11 is 1.05. The molecule has 1 aromatic carbocycles. The second-order valence-electron chi connectivity index (χ2n) is 4.99. The summed E-state index contributed by atoms with van der Waals surface area (Å²) in [6.07, 6.45) is -5.29. The van der Waals surface area contributed by atoms with E-state index in [2.05, 4.69) is 9.59 Å². The molecule has 0 spiro atoms. The summed E-state index contributed by atoms with van der Waals surface area (Å²) in [4.78, 5) is 13.7. The Bertz CT molecular complexity index is 691. The minimum atomic E-state index is -4.47. The Balaban J connectivity index is 1.84. The number of benzene rings is 1. The fourth-order valence-electron chi connectivity index (χ4n) is 2.48. The van der Waals surface area contributed by atoms with Crippen molar-refractivity contribution in [3.8, 4) is 0 Å². The average molecular weight is 343 g/mol. The second-order valence-corrected chi connectivity index (χ2v) is 5.60. The lowest BCUT2D eigenvalue weighted by molar-refractivity contribution is -0.140. The first-order chi connectivity index (χ1) is 11.0. The van der Waals surface area contributed by atoms with Gasteiger partial charge in [0.1, 0.15) is 6.10 Å². The van der Waals surface area contributed by atoms with Crippen LogP contribution in [0, 0.1) is 0 Å². The Morgan fingerprint density at radius 1 is 1.35 bits per heavy atom. The molecule has 5 nitrogen and oxygen atoms in total. The number of carbonyl (C=O) groups is 1. The van der Waals surface area contributed by atoms with Crippen LogP contribution < -0.4 is 0 Å². The summed E-state index contributed by atoms with van der Waals surface area (Å²) in [6.45, 7) is 0.519. The van der Waals surface area contributed by atoms with Gasteiger partial charge in [-0.25, -0.2) is 0 Å². The first-order valence-corrected chi connectivity index (χ1v) is 7.64. The quantitative estimate of drug-likeness (QED) is 0.841. The largest absolute Gasteiger partial charge is 0.416 e. The van der Waals surface area contributed by atoms with E-state index >= 15 is 0 Å². The summed E-state index contributed by atoms with van der Waals surface area (Å²) in [6, 6.07) is 5.26. The molecule has 0 aliphatic carbocycles. The van der Waals surface area contributed by atoms with E-state index in [-0.39, 0.29) is 30.3 Å². The smallest absolute Gasteiger partial charge is 0.370 e. The second kappa shape index (κ2) is 6.25. The van der Waals surface area contributed by atoms with Crippen LogP contribution in [0.25, 0.3) is 0 Å². The molecule has 1 aliphatic heterocycles. The summed E-state index contributed by atoms with van der Waals surface area (Å²) in [5.74, 6) is -0.350. The fourth-order valence-corrected chi connectivity index (χ4v) is 2.91. The number of rotatable bonds is 2. The van der Waals surface area contributed by atoms with E-state index in [1.54, 1.807) is 0 Å². The number of halogens is 3. The topological polar surface area (TPSA) is 55.3 Å². The molecule has 2 heterocycles. The van der Waals surface area contributed by atoms with Crippen molar-refractivity contribution in [1.82, 2.24) is 14.5 Å². The maximum atomic E-state index is 13.1. The molecule has 0 bridgehead atoms. The standard InChI is InChI=1S/C14H12F3N3O2S/c15-14(16,17)10-4-2-1-3-9(10)12-7-20(5-6-22-12)13(21)11-8-23-19-18-11/h1-4,8,12H,5-7H2/t12-/m0/s1. The van der Waals surface area contributed by atoms with Gasteiger partial charge in [-0.05, 0) is 23.2 Å². The SMILES string of the molecule is O=C(c1csnn1)N1CCO[C@H](c2ccccc2C(F)(F)F)C1. The summed E-state index contributed by atoms with van der Waals surface area (Å²) in [5.41, 5.74) is -0.511. The summed E-state index contributed by atoms with van der Waals surface area (Å²) in [7, 11) is 0. The third-order valence-corrected chi connectivity index (χ3v) is 4.05. The zero-order chi connectivity index (χ0) is 16.4. The van der Waals surface area contributed by atoms with Gasteiger partial charge in [0.25, 0.3) is 5.91 Å². The van der Waals surface area contributed by atoms with Gasteiger partial charge in [0, 0.05) is 11.9 Å². The number of carbonyl (C=O) groups excluding carboxylic acids is 1. The Morgan fingerprint density at radius 2 is 2.13 bits per heavy atom. The molecule has 2 aromatic rings. The van der Waals surface area contributed by atoms with Crippen LogP contribution in [-0.4, -0.2) is 40.1 Å². The molecule has 1 aliphatic rings. The lowest BCUT2D eigenvalue weighted by atomic mass is 10.0. The van der Waals surface area contributed by atoms with Gasteiger partial charge in [0.05, 0.1) is 18.7 Å². The van der Waals surface area contributed by atoms with Gasteiger partial charge in [0.15, 0.2) is 5.69 Å². The van der Waals surface area contributed by atoms with Crippen LogP contribution in [-0.2, 0) is 10.9 Å². The monoisotopic (exact) mass is 343 g/mol. The number of ether oxygens (including phenoxy) is 1. The lowest BCUT2D eigenvalue weighted by Gasteiger charge is -2.33. The van der Waals surface area contributed by atoms with Crippen LogP contribution in [0.2, 0.25) is 0 Å². The van der Waals surface area contributed by atoms with Crippen molar-refractivity contribution in [3.63, 3.8) is 0 Å². The maximum absolute atomic E-state index is 13.1. The molecule has 1 saturated heterocycles. The van der Waals surface area contributed by atoms with Crippen molar-refractivity contribution in [1.29, 1.82) is 0 Å². The van der Waals surface area contributed by atoms with Gasteiger partial charge >= 0.3 is 6.18 Å². The number of nitrogens with zero attached hydrogens (tertiary/aromatic N) is 3. The van der Waals surface area contributed by atoms with E-state index in [1.807, 2.05) is 0 Å². The highest BCUT2D eigenvalue weighted by Crippen LogP contribution is 2.36. The molecule has 122 valence electrons. The Labute approximate surface area is 133 Å². The first-order valence-electron chi connectivity index (χ1n) is 6.81. The maximum Gasteiger partial charge on any atom is 0.416 e. The number of morpholine rings is 1. The third kappa shape index (κ3) is 3.35. The van der Waals surface area contributed by atoms with Crippen molar-refractivity contribution in [2.45, 2.75) is 12.3 Å². The molecule has 9 heteroatoms. The van der Waals surface area contributed by atoms with Crippen LogP contribution in [0.3, 0.4) is 0 Å². The number of hydrogen-bond acceptors (Lipinski definition) is 5. The Hall–Kier alpha value is -2.00. The number of hydrogen-bond donors (Lipinski definition) is 0. The lowest BCUT2D eigenvalue weighted by Crippen LogP contribution is -2.42. The molecule has 3 rings (SSSR count). The van der Waals surface area contributed by atoms with Crippen molar-refractivity contribution in [2.24, 2.45) is 0 Å². The van der Waals surface area contributed by atoms with Gasteiger partial charge < -0.3 is 9.64 Å². The molecule has 1 aromatic heterocycles. The van der Waals surface area contributed by atoms with Gasteiger partial charge in [-0.1, -0.05) is 22.7 Å². The molecular formula is C14H12F3N3O2S. The van der Waals surface area contributed by atoms with Gasteiger partial charge in [0.2, 0.25) is 0 Å². The van der Waals surface area contributed by atoms with E-state index in [0.29, 0.717) is 6.54 Å². The number of alkyl halides is 3. The number of aromatic nitrogens is 2. The van der Waals surface area contributed by atoms with E-state index in [4.69, 9.17) is 4.74 Å². The van der Waals surface area contributed by atoms with Gasteiger partial charge in [-0.3, -0.25) is 4.79 Å². The summed E-state index contributed by atoms with van der Waals surface area (Å²) in [5, 5.41) is 5.21. The predicted molar refractivity (Wildman–Crippen MR) is 75.9 cm³/mol. The zero-order valence-corrected chi connectivity index (χ0v) is 12.6. The predicted octanol–water partition coefficient (Wildman–Crippen LogP) is 2.77. The molecule has 23 heavy (non-hydrogen) atoms. The zero-order valence-electron chi connectivity index (χ0n) is 11.8. The molecule has 0 N–H and O–H groups in total. The number of amides is 1. The highest BCUT2D eigenvalue weighted by atomic mass is 32.1. The molecule has 0 unspecified atom stereocenters. The van der Waals surface area contributed by atoms with E-state index in [0.717, 1.165) is 17.6 Å². The van der Waals surface area contributed by atoms with Crippen molar-refractivity contribution in [2.75, 3.05) is 19.7 Å². The molecular weight excluding hydrogens is 331 g/mol. The highest BCUT2D eigenvalue weighted by molar-refractivity contribution is 7.03. The van der Waals surface area contributed by atoms with Gasteiger partial charge in [-0.15, -0.1) is 5.10 Å². The highest BCUT2D eigenvalue weighted by Gasteiger charge is 2.37. The van der Waals surface area contributed by atoms with Crippen LogP contribution in [0.5, 0.6) is 0 Å². The van der Waals surface area contributed by atoms with Crippen molar-refractivity contribution >= 4 is 17.4 Å². The normalized spacial score (nSPS) is 18.9. The van der Waals surface area contributed by atoms with Crippen molar-refractivity contribution < 1.29 is 22.7 Å². The van der Waals surface area contributed by atoms with Crippen molar-refractivity contribution in [3.05, 3.63) is 46.5 Å². The van der Waals surface area contributed by atoms with E-state index in [9.17, 15) is 18.0 Å². The average Bonchev–Trinajstić information content (AvgIpc) is 3.08. The fraction of sp³-hybridized carbons (Fsp3) is 0.357. The molecule has 0 saturated carbocycles. The summed E-state index contributed by atoms with van der Waals surface area (Å²) < 4.78 is 48.5. The Morgan fingerprint density at radius 3 is 2.83 bits per heavy atom. The van der Waals surface area contributed by atoms with E-state index < -0.39 is 17.8 Å². The van der Waals surface area contributed by atoms with Crippen LogP contribution in [0.4, 0.5) is 13.2 Å². The third-order valence-electron chi connectivity index (χ3n) is 3.55. The van der Waals surface area contributed by atoms with Crippen LogP contribution >= 0.6 is 11.5 Å². The van der Waals surface area contributed by atoms with E-state index in [1.165, 1.54) is 28.5 Å². The molecule has 1 amide bonds. The van der Waals surface area contributed by atoms with Gasteiger partial charge in [-0.2, -0.15) is 13.2 Å². The molecule has 1 atom stereocenters. The van der Waals surface area contributed by atoms with Crippen LogP contribution in [0.15, 0.2) is 29.6 Å². The first kappa shape index (κ1) is 15.9. The van der Waals surface area contributed by atoms with Crippen LogP contribution in [0.1, 0.15) is 27.7 Å². The minimum absolute atomic E-state index is 0.0360. The molecule has 0 radical (unpaired) electrons. The minimum Gasteiger partial charge on any atom is -0.370 e. The molecule has 1 fully saturated rings. The Kier molecular flexibility index (Phi) is 4.31.